The van der Waals surface area contributed by atoms with Crippen molar-refractivity contribution in [1.82, 2.24) is 14.8 Å². The first kappa shape index (κ1) is 13.9. The van der Waals surface area contributed by atoms with E-state index in [4.69, 9.17) is 11.0 Å². The summed E-state index contributed by atoms with van der Waals surface area (Å²) in [5.41, 5.74) is 7.19. The molecule has 2 N–H and O–H groups in total. The average molecular weight is 299 g/mol. The Kier molecular flexibility index (Phi) is 3.22. The number of pyridine rings is 1. The van der Waals surface area contributed by atoms with E-state index < -0.39 is 6.43 Å². The van der Waals surface area contributed by atoms with Crippen LogP contribution >= 0.6 is 0 Å². The first-order chi connectivity index (χ1) is 10.5. The van der Waals surface area contributed by atoms with Gasteiger partial charge in [-0.3, -0.25) is 4.68 Å². The van der Waals surface area contributed by atoms with Crippen LogP contribution in [-0.2, 0) is 7.05 Å². The number of aromatic nitrogens is 3. The maximum absolute atomic E-state index is 13.3. The molecule has 0 fully saturated rings. The molecule has 0 aliphatic carbocycles. The summed E-state index contributed by atoms with van der Waals surface area (Å²) >= 11 is 0. The monoisotopic (exact) mass is 299 g/mol. The molecule has 110 valence electrons. The molecular formula is C15H11F2N5. The second-order valence-electron chi connectivity index (χ2n) is 4.82. The lowest BCUT2D eigenvalue weighted by atomic mass is 10.0. The highest BCUT2D eigenvalue weighted by Crippen LogP contribution is 2.33. The van der Waals surface area contributed by atoms with Crippen molar-refractivity contribution in [2.24, 2.45) is 7.05 Å². The number of nitrogens with zero attached hydrogens (tertiary/aromatic N) is 4. The van der Waals surface area contributed by atoms with Gasteiger partial charge in [-0.1, -0.05) is 12.1 Å². The van der Waals surface area contributed by atoms with Crippen LogP contribution in [-0.4, -0.2) is 14.8 Å². The lowest BCUT2D eigenvalue weighted by molar-refractivity contribution is 0.153. The Morgan fingerprint density at radius 3 is 2.82 bits per heavy atom. The molecule has 1 aromatic carbocycles. The van der Waals surface area contributed by atoms with Gasteiger partial charge in [-0.15, -0.1) is 0 Å². The quantitative estimate of drug-likeness (QED) is 0.737. The summed E-state index contributed by atoms with van der Waals surface area (Å²) in [5.74, 6) is 0. The highest BCUT2D eigenvalue weighted by Gasteiger charge is 2.18. The Bertz CT molecular complexity index is 908. The van der Waals surface area contributed by atoms with Crippen LogP contribution in [0.15, 0.2) is 30.5 Å². The van der Waals surface area contributed by atoms with Crippen molar-refractivity contribution >= 4 is 16.7 Å². The Morgan fingerprint density at radius 2 is 2.14 bits per heavy atom. The number of nitrogens with two attached hydrogens (primary N) is 1. The van der Waals surface area contributed by atoms with Crippen LogP contribution in [0.2, 0.25) is 0 Å². The van der Waals surface area contributed by atoms with Gasteiger partial charge in [-0.2, -0.15) is 10.4 Å². The summed E-state index contributed by atoms with van der Waals surface area (Å²) in [6, 6.07) is 8.10. The highest BCUT2D eigenvalue weighted by molar-refractivity contribution is 5.85. The van der Waals surface area contributed by atoms with E-state index in [1.807, 2.05) is 6.07 Å². The molecule has 3 aromatic rings. The van der Waals surface area contributed by atoms with Crippen molar-refractivity contribution in [2.45, 2.75) is 6.43 Å². The number of halogens is 2. The second kappa shape index (κ2) is 5.07. The SMILES string of the molecule is Cn1cc2c(C(F)F)cc(-c3cccc(C#N)c3N)nc2n1. The molecule has 22 heavy (non-hydrogen) atoms. The smallest absolute Gasteiger partial charge is 0.264 e. The van der Waals surface area contributed by atoms with Gasteiger partial charge in [0.15, 0.2) is 5.65 Å². The van der Waals surface area contributed by atoms with Crippen LogP contribution in [0.3, 0.4) is 0 Å². The van der Waals surface area contributed by atoms with Gasteiger partial charge in [-0.25, -0.2) is 13.8 Å². The number of hydrogen-bond donors (Lipinski definition) is 1. The van der Waals surface area contributed by atoms with Crippen molar-refractivity contribution in [2.75, 3.05) is 5.73 Å². The van der Waals surface area contributed by atoms with E-state index in [1.54, 1.807) is 25.2 Å². The van der Waals surface area contributed by atoms with Crippen molar-refractivity contribution in [3.63, 3.8) is 0 Å². The summed E-state index contributed by atoms with van der Waals surface area (Å²) in [4.78, 5) is 4.29. The zero-order valence-electron chi connectivity index (χ0n) is 11.6. The second-order valence-corrected chi connectivity index (χ2v) is 4.82. The molecule has 0 unspecified atom stereocenters. The van der Waals surface area contributed by atoms with Gasteiger partial charge in [0, 0.05) is 29.8 Å². The van der Waals surface area contributed by atoms with Crippen molar-refractivity contribution in [3.05, 3.63) is 41.6 Å². The summed E-state index contributed by atoms with van der Waals surface area (Å²) in [5, 5.41) is 13.4. The molecule has 2 heterocycles. The van der Waals surface area contributed by atoms with Gasteiger partial charge >= 0.3 is 0 Å². The van der Waals surface area contributed by atoms with Crippen LogP contribution in [0.4, 0.5) is 14.5 Å². The molecule has 0 aliphatic rings. The number of aryl methyl sites for hydroxylation is 1. The fraction of sp³-hybridized carbons (Fsp3) is 0.133. The summed E-state index contributed by atoms with van der Waals surface area (Å²) in [6.07, 6.45) is -1.16. The minimum absolute atomic E-state index is 0.158. The fourth-order valence-corrected chi connectivity index (χ4v) is 2.34. The number of alkyl halides is 2. The fourth-order valence-electron chi connectivity index (χ4n) is 2.34. The zero-order valence-corrected chi connectivity index (χ0v) is 11.6. The number of nitrogen functional groups attached to an aromatic ring is 1. The maximum atomic E-state index is 13.3. The molecule has 0 spiro atoms. The van der Waals surface area contributed by atoms with Gasteiger partial charge < -0.3 is 5.73 Å². The topological polar surface area (TPSA) is 80.5 Å². The van der Waals surface area contributed by atoms with Crippen molar-refractivity contribution < 1.29 is 8.78 Å². The summed E-state index contributed by atoms with van der Waals surface area (Å²) in [7, 11) is 1.64. The van der Waals surface area contributed by atoms with Crippen LogP contribution in [0.1, 0.15) is 17.6 Å². The Hall–Kier alpha value is -3.01. The van der Waals surface area contributed by atoms with Gasteiger partial charge in [0.25, 0.3) is 6.43 Å². The molecule has 0 atom stereocenters. The predicted octanol–water partition coefficient (Wildman–Crippen LogP) is 3.03. The average Bonchev–Trinajstić information content (AvgIpc) is 2.86. The third kappa shape index (κ3) is 2.15. The molecule has 0 saturated heterocycles. The van der Waals surface area contributed by atoms with Crippen LogP contribution in [0.25, 0.3) is 22.3 Å². The molecule has 7 heteroatoms. The normalized spacial score (nSPS) is 11.0. The number of nitriles is 1. The standard InChI is InChI=1S/C15H11F2N5/c1-22-7-11-10(14(16)17)5-12(20-15(11)21-22)9-4-2-3-8(6-18)13(9)19/h2-5,7,14H,19H2,1H3. The van der Waals surface area contributed by atoms with Gasteiger partial charge in [0.05, 0.1) is 16.9 Å². The molecule has 2 aromatic heterocycles. The van der Waals surface area contributed by atoms with Crippen LogP contribution in [0.5, 0.6) is 0 Å². The number of fused-ring (bicyclic) bond motifs is 1. The van der Waals surface area contributed by atoms with E-state index in [0.717, 1.165) is 0 Å². The molecule has 0 aliphatic heterocycles. The lowest BCUT2D eigenvalue weighted by Crippen LogP contribution is -1.97. The number of para-hydroxylation sites is 1. The first-order valence-corrected chi connectivity index (χ1v) is 6.42. The number of anilines is 1. The Balaban J connectivity index is 2.31. The zero-order chi connectivity index (χ0) is 15.9. The van der Waals surface area contributed by atoms with Gasteiger partial charge in [0.2, 0.25) is 0 Å². The van der Waals surface area contributed by atoms with E-state index in [-0.39, 0.29) is 28.2 Å². The van der Waals surface area contributed by atoms with E-state index in [9.17, 15) is 8.78 Å². The maximum Gasteiger partial charge on any atom is 0.264 e. The third-order valence-corrected chi connectivity index (χ3v) is 3.38. The number of hydrogen-bond acceptors (Lipinski definition) is 4. The molecule has 5 nitrogen and oxygen atoms in total. The number of benzene rings is 1. The summed E-state index contributed by atoms with van der Waals surface area (Å²) in [6.45, 7) is 0. The number of rotatable bonds is 2. The van der Waals surface area contributed by atoms with Gasteiger partial charge in [-0.05, 0) is 12.1 Å². The van der Waals surface area contributed by atoms with Crippen molar-refractivity contribution in [3.8, 4) is 17.3 Å². The third-order valence-electron chi connectivity index (χ3n) is 3.38. The van der Waals surface area contributed by atoms with E-state index >= 15 is 0 Å². The molecule has 3 rings (SSSR count). The van der Waals surface area contributed by atoms with Crippen molar-refractivity contribution in [1.29, 1.82) is 5.26 Å². The molecule has 0 saturated carbocycles. The molecule has 0 radical (unpaired) electrons. The Morgan fingerprint density at radius 1 is 1.36 bits per heavy atom. The molecular weight excluding hydrogens is 288 g/mol. The minimum Gasteiger partial charge on any atom is -0.397 e. The lowest BCUT2D eigenvalue weighted by Gasteiger charge is -2.09. The van der Waals surface area contributed by atoms with Gasteiger partial charge in [0.1, 0.15) is 6.07 Å². The Labute approximate surface area is 124 Å². The van der Waals surface area contributed by atoms with E-state index in [2.05, 4.69) is 10.1 Å². The van der Waals surface area contributed by atoms with E-state index in [1.165, 1.54) is 16.9 Å². The summed E-state index contributed by atoms with van der Waals surface area (Å²) < 4.78 is 28.0. The largest absolute Gasteiger partial charge is 0.397 e. The molecule has 0 amide bonds. The molecule has 0 bridgehead atoms. The highest BCUT2D eigenvalue weighted by atomic mass is 19.3. The first-order valence-electron chi connectivity index (χ1n) is 6.42. The van der Waals surface area contributed by atoms with E-state index in [0.29, 0.717) is 10.9 Å². The van der Waals surface area contributed by atoms with Crippen LogP contribution in [0, 0.1) is 11.3 Å². The predicted molar refractivity (Wildman–Crippen MR) is 78.0 cm³/mol. The minimum atomic E-state index is -2.66. The van der Waals surface area contributed by atoms with Crippen LogP contribution < -0.4 is 5.73 Å².